The summed E-state index contributed by atoms with van der Waals surface area (Å²) in [6.45, 7) is 1.88. The van der Waals surface area contributed by atoms with E-state index in [-0.39, 0.29) is 11.8 Å². The van der Waals surface area contributed by atoms with E-state index in [4.69, 9.17) is 4.42 Å². The molecule has 1 amide bonds. The molecule has 1 aliphatic heterocycles. The van der Waals surface area contributed by atoms with Gasteiger partial charge in [0.25, 0.3) is 5.91 Å². The number of carbonyl (C=O) groups excluding carboxylic acids is 1. The Bertz CT molecular complexity index is 707. The molecule has 1 aromatic carbocycles. The second-order valence-electron chi connectivity index (χ2n) is 4.48. The van der Waals surface area contributed by atoms with E-state index in [1.807, 2.05) is 13.0 Å². The number of carbonyl (C=O) groups is 1. The lowest BCUT2D eigenvalue weighted by molar-refractivity contribution is -0.402. The Morgan fingerprint density at radius 3 is 2.75 bits per heavy atom. The first-order valence-corrected chi connectivity index (χ1v) is 5.97. The summed E-state index contributed by atoms with van der Waals surface area (Å²) in [7, 11) is 0. The maximum Gasteiger partial charge on any atom is 0.433 e. The molecule has 3 rings (SSSR count). The van der Waals surface area contributed by atoms with Crippen LogP contribution in [0.5, 0.6) is 0 Å². The average molecular weight is 273 g/mol. The molecule has 1 atom stereocenters. The van der Waals surface area contributed by atoms with Gasteiger partial charge in [0.05, 0.1) is 17.3 Å². The molecule has 20 heavy (non-hydrogen) atoms. The van der Waals surface area contributed by atoms with Gasteiger partial charge in [-0.15, -0.1) is 0 Å². The SMILES string of the molecule is Cc1cccc2c1NC(c1ccc([N+](=O)[O-])o1)NC2=O. The summed E-state index contributed by atoms with van der Waals surface area (Å²) in [6, 6.07) is 8.13. The van der Waals surface area contributed by atoms with Gasteiger partial charge in [-0.1, -0.05) is 12.1 Å². The van der Waals surface area contributed by atoms with Crippen LogP contribution in [0.2, 0.25) is 0 Å². The summed E-state index contributed by atoms with van der Waals surface area (Å²) in [6.07, 6.45) is -0.621. The van der Waals surface area contributed by atoms with Crippen LogP contribution in [0.25, 0.3) is 0 Å². The minimum atomic E-state index is -0.621. The standard InChI is InChI=1S/C13H11N3O4/c1-7-3-2-4-8-11(7)14-12(15-13(8)17)9-5-6-10(20-9)16(18)19/h2-6,12,14H,1H3,(H,15,17). The largest absolute Gasteiger partial charge is 0.433 e. The number of amides is 1. The number of rotatable bonds is 2. The number of aryl methyl sites for hydroxylation is 1. The highest BCUT2D eigenvalue weighted by molar-refractivity contribution is 6.02. The molecule has 0 bridgehead atoms. The van der Waals surface area contributed by atoms with Crippen molar-refractivity contribution < 1.29 is 14.1 Å². The van der Waals surface area contributed by atoms with E-state index in [1.54, 1.807) is 12.1 Å². The molecule has 1 aromatic heterocycles. The highest BCUT2D eigenvalue weighted by Gasteiger charge is 2.28. The van der Waals surface area contributed by atoms with Crippen molar-refractivity contribution in [2.75, 3.05) is 5.32 Å². The molecule has 0 fully saturated rings. The molecule has 0 saturated carbocycles. The number of nitro groups is 1. The smallest absolute Gasteiger partial charge is 0.402 e. The summed E-state index contributed by atoms with van der Waals surface area (Å²) >= 11 is 0. The molecule has 7 nitrogen and oxygen atoms in total. The van der Waals surface area contributed by atoms with Gasteiger partial charge in [-0.05, 0) is 24.6 Å². The number of furan rings is 1. The highest BCUT2D eigenvalue weighted by Crippen LogP contribution is 2.30. The lowest BCUT2D eigenvalue weighted by atomic mass is 10.0. The predicted octanol–water partition coefficient (Wildman–Crippen LogP) is 2.35. The number of anilines is 1. The monoisotopic (exact) mass is 273 g/mol. The van der Waals surface area contributed by atoms with Crippen molar-refractivity contribution in [2.24, 2.45) is 0 Å². The van der Waals surface area contributed by atoms with Crippen molar-refractivity contribution in [3.05, 3.63) is 57.3 Å². The van der Waals surface area contributed by atoms with Gasteiger partial charge in [0.2, 0.25) is 0 Å². The topological polar surface area (TPSA) is 97.4 Å². The van der Waals surface area contributed by atoms with Crippen LogP contribution in [0.4, 0.5) is 11.6 Å². The van der Waals surface area contributed by atoms with Gasteiger partial charge in [-0.25, -0.2) is 0 Å². The van der Waals surface area contributed by atoms with E-state index >= 15 is 0 Å². The Hall–Kier alpha value is -2.83. The maximum atomic E-state index is 12.0. The molecule has 7 heteroatoms. The Kier molecular flexibility index (Phi) is 2.67. The number of nitrogens with one attached hydrogen (secondary N) is 2. The molecule has 0 spiro atoms. The summed E-state index contributed by atoms with van der Waals surface area (Å²) < 4.78 is 5.11. The van der Waals surface area contributed by atoms with Gasteiger partial charge in [0, 0.05) is 0 Å². The fraction of sp³-hybridized carbons (Fsp3) is 0.154. The summed E-state index contributed by atoms with van der Waals surface area (Å²) in [5, 5.41) is 16.4. The molecule has 2 aromatic rings. The minimum Gasteiger partial charge on any atom is -0.402 e. The zero-order chi connectivity index (χ0) is 14.3. The second-order valence-corrected chi connectivity index (χ2v) is 4.48. The third kappa shape index (κ3) is 1.89. The number of benzene rings is 1. The lowest BCUT2D eigenvalue weighted by Gasteiger charge is -2.27. The number of fused-ring (bicyclic) bond motifs is 1. The zero-order valence-corrected chi connectivity index (χ0v) is 10.5. The van der Waals surface area contributed by atoms with Gasteiger partial charge in [-0.2, -0.15) is 0 Å². The van der Waals surface area contributed by atoms with Crippen LogP contribution in [0.3, 0.4) is 0 Å². The van der Waals surface area contributed by atoms with E-state index < -0.39 is 11.1 Å². The van der Waals surface area contributed by atoms with Crippen LogP contribution in [0.1, 0.15) is 27.8 Å². The van der Waals surface area contributed by atoms with Gasteiger partial charge in [-0.3, -0.25) is 14.9 Å². The van der Waals surface area contributed by atoms with E-state index in [2.05, 4.69) is 10.6 Å². The van der Waals surface area contributed by atoms with Gasteiger partial charge in [0.15, 0.2) is 11.9 Å². The van der Waals surface area contributed by atoms with Crippen molar-refractivity contribution in [1.29, 1.82) is 0 Å². The quantitative estimate of drug-likeness (QED) is 0.646. The fourth-order valence-corrected chi connectivity index (χ4v) is 2.18. The Morgan fingerprint density at radius 2 is 2.05 bits per heavy atom. The van der Waals surface area contributed by atoms with E-state index in [0.29, 0.717) is 17.0 Å². The number of nitrogens with zero attached hydrogens (tertiary/aromatic N) is 1. The number of para-hydroxylation sites is 1. The number of hydrogen-bond acceptors (Lipinski definition) is 5. The second kappa shape index (κ2) is 4.37. The molecule has 102 valence electrons. The van der Waals surface area contributed by atoms with Crippen LogP contribution in [-0.4, -0.2) is 10.8 Å². The molecule has 0 aliphatic carbocycles. The van der Waals surface area contributed by atoms with Crippen LogP contribution in [0, 0.1) is 17.0 Å². The van der Waals surface area contributed by atoms with Crippen molar-refractivity contribution in [3.63, 3.8) is 0 Å². The normalized spacial score (nSPS) is 17.1. The Balaban J connectivity index is 1.96. The third-order valence-corrected chi connectivity index (χ3v) is 3.16. The first kappa shape index (κ1) is 12.2. The van der Waals surface area contributed by atoms with Crippen LogP contribution in [0.15, 0.2) is 34.7 Å². The van der Waals surface area contributed by atoms with Crippen molar-refractivity contribution in [2.45, 2.75) is 13.1 Å². The molecule has 2 N–H and O–H groups in total. The lowest BCUT2D eigenvalue weighted by Crippen LogP contribution is -2.38. The van der Waals surface area contributed by atoms with Gasteiger partial charge in [0.1, 0.15) is 4.92 Å². The molecular formula is C13H11N3O4. The van der Waals surface area contributed by atoms with Crippen LogP contribution in [-0.2, 0) is 0 Å². The molecule has 2 heterocycles. The van der Waals surface area contributed by atoms with Crippen molar-refractivity contribution in [3.8, 4) is 0 Å². The average Bonchev–Trinajstić information content (AvgIpc) is 2.89. The zero-order valence-electron chi connectivity index (χ0n) is 10.5. The summed E-state index contributed by atoms with van der Waals surface area (Å²) in [4.78, 5) is 22.0. The highest BCUT2D eigenvalue weighted by atomic mass is 16.6. The van der Waals surface area contributed by atoms with E-state index in [1.165, 1.54) is 12.1 Å². The fourth-order valence-electron chi connectivity index (χ4n) is 2.18. The third-order valence-electron chi connectivity index (χ3n) is 3.16. The molecule has 0 radical (unpaired) electrons. The van der Waals surface area contributed by atoms with Gasteiger partial charge < -0.3 is 15.1 Å². The number of hydrogen-bond donors (Lipinski definition) is 2. The Morgan fingerprint density at radius 1 is 1.25 bits per heavy atom. The minimum absolute atomic E-state index is 0.244. The molecule has 1 unspecified atom stereocenters. The molecular weight excluding hydrogens is 262 g/mol. The van der Waals surface area contributed by atoms with Crippen LogP contribution >= 0.6 is 0 Å². The summed E-state index contributed by atoms with van der Waals surface area (Å²) in [5.41, 5.74) is 2.17. The van der Waals surface area contributed by atoms with Crippen molar-refractivity contribution in [1.82, 2.24) is 5.32 Å². The van der Waals surface area contributed by atoms with E-state index in [9.17, 15) is 14.9 Å². The first-order chi connectivity index (χ1) is 9.56. The maximum absolute atomic E-state index is 12.0. The van der Waals surface area contributed by atoms with E-state index in [0.717, 1.165) is 5.56 Å². The summed E-state index contributed by atoms with van der Waals surface area (Å²) in [5.74, 6) is -0.308. The first-order valence-electron chi connectivity index (χ1n) is 5.97. The molecule has 0 saturated heterocycles. The molecule has 1 aliphatic rings. The predicted molar refractivity (Wildman–Crippen MR) is 70.4 cm³/mol. The Labute approximate surface area is 113 Å². The van der Waals surface area contributed by atoms with Crippen molar-refractivity contribution >= 4 is 17.5 Å². The van der Waals surface area contributed by atoms with Gasteiger partial charge >= 0.3 is 5.88 Å². The van der Waals surface area contributed by atoms with Crippen LogP contribution < -0.4 is 10.6 Å².